The van der Waals surface area contributed by atoms with Crippen LogP contribution in [-0.4, -0.2) is 29.5 Å². The van der Waals surface area contributed by atoms with Crippen LogP contribution < -0.4 is 9.47 Å². The summed E-state index contributed by atoms with van der Waals surface area (Å²) in [6.07, 6.45) is 1.69. The SMILES string of the molecule is COc1cc(C=C2CCOc3ccc(F)cc3C2=O)cc([N+](=O)[O-])c1O. The maximum Gasteiger partial charge on any atom is 0.315 e. The zero-order valence-electron chi connectivity index (χ0n) is 13.7. The number of nitrogens with zero attached hydrogens (tertiary/aromatic N) is 1. The highest BCUT2D eigenvalue weighted by Crippen LogP contribution is 2.38. The number of hydrogen-bond acceptors (Lipinski definition) is 6. The molecule has 0 atom stereocenters. The van der Waals surface area contributed by atoms with Gasteiger partial charge in [-0.25, -0.2) is 4.39 Å². The highest BCUT2D eigenvalue weighted by atomic mass is 19.1. The van der Waals surface area contributed by atoms with Crippen LogP contribution in [0.5, 0.6) is 17.2 Å². The number of phenols is 1. The third-order valence-electron chi connectivity index (χ3n) is 3.94. The van der Waals surface area contributed by atoms with E-state index in [1.807, 2.05) is 0 Å². The lowest BCUT2D eigenvalue weighted by Crippen LogP contribution is -2.03. The summed E-state index contributed by atoms with van der Waals surface area (Å²) >= 11 is 0. The standard InChI is InChI=1S/C18H14FNO6/c1-25-16-8-10(7-14(18(16)22)20(23)24)6-11-4-5-26-15-3-2-12(19)9-13(15)17(11)21/h2-3,6-9,22H,4-5H2,1H3. The van der Waals surface area contributed by atoms with Crippen molar-refractivity contribution >= 4 is 17.5 Å². The molecule has 2 aromatic carbocycles. The van der Waals surface area contributed by atoms with Gasteiger partial charge >= 0.3 is 5.69 Å². The number of carbonyl (C=O) groups is 1. The van der Waals surface area contributed by atoms with Crippen LogP contribution in [0.1, 0.15) is 22.3 Å². The Morgan fingerprint density at radius 2 is 2.12 bits per heavy atom. The molecule has 26 heavy (non-hydrogen) atoms. The second kappa shape index (κ2) is 6.83. The smallest absolute Gasteiger partial charge is 0.315 e. The molecule has 0 bridgehead atoms. The van der Waals surface area contributed by atoms with E-state index < -0.39 is 28.0 Å². The van der Waals surface area contributed by atoms with Gasteiger partial charge in [0.25, 0.3) is 0 Å². The van der Waals surface area contributed by atoms with E-state index in [4.69, 9.17) is 9.47 Å². The van der Waals surface area contributed by atoms with Gasteiger partial charge in [-0.3, -0.25) is 14.9 Å². The quantitative estimate of drug-likeness (QED) is 0.512. The van der Waals surface area contributed by atoms with E-state index >= 15 is 0 Å². The third-order valence-corrected chi connectivity index (χ3v) is 3.94. The summed E-state index contributed by atoms with van der Waals surface area (Å²) in [6.45, 7) is 0.202. The zero-order valence-corrected chi connectivity index (χ0v) is 13.7. The van der Waals surface area contributed by atoms with Crippen molar-refractivity contribution in [2.24, 2.45) is 0 Å². The van der Waals surface area contributed by atoms with E-state index in [1.165, 1.54) is 31.4 Å². The maximum atomic E-state index is 13.5. The Bertz CT molecular complexity index is 938. The third kappa shape index (κ3) is 3.21. The Morgan fingerprint density at radius 1 is 1.35 bits per heavy atom. The molecule has 0 fully saturated rings. The van der Waals surface area contributed by atoms with Gasteiger partial charge in [-0.1, -0.05) is 0 Å². The first-order chi connectivity index (χ1) is 12.4. The highest BCUT2D eigenvalue weighted by molar-refractivity contribution is 6.13. The molecule has 1 N–H and O–H groups in total. The molecule has 0 aliphatic carbocycles. The summed E-state index contributed by atoms with van der Waals surface area (Å²) in [6, 6.07) is 6.20. The van der Waals surface area contributed by atoms with Crippen LogP contribution >= 0.6 is 0 Å². The van der Waals surface area contributed by atoms with Crippen LogP contribution in [0.25, 0.3) is 6.08 Å². The summed E-state index contributed by atoms with van der Waals surface area (Å²) in [5, 5.41) is 20.9. The number of nitro groups is 1. The number of carbonyl (C=O) groups excluding carboxylic acids is 1. The first-order valence-electron chi connectivity index (χ1n) is 7.63. The fourth-order valence-electron chi connectivity index (χ4n) is 2.69. The molecule has 0 aromatic heterocycles. The minimum Gasteiger partial charge on any atom is -0.500 e. The Morgan fingerprint density at radius 3 is 2.81 bits per heavy atom. The number of methoxy groups -OCH3 is 1. The van der Waals surface area contributed by atoms with Crippen LogP contribution in [0, 0.1) is 15.9 Å². The zero-order chi connectivity index (χ0) is 18.8. The van der Waals surface area contributed by atoms with Crippen molar-refractivity contribution in [3.63, 3.8) is 0 Å². The molecular weight excluding hydrogens is 345 g/mol. The second-order valence-corrected chi connectivity index (χ2v) is 5.59. The number of hydrogen-bond donors (Lipinski definition) is 1. The molecule has 1 heterocycles. The second-order valence-electron chi connectivity index (χ2n) is 5.59. The first kappa shape index (κ1) is 17.4. The van der Waals surface area contributed by atoms with Gasteiger partial charge in [0.2, 0.25) is 5.75 Å². The van der Waals surface area contributed by atoms with E-state index in [-0.39, 0.29) is 30.1 Å². The van der Waals surface area contributed by atoms with Crippen molar-refractivity contribution in [1.82, 2.24) is 0 Å². The molecule has 0 spiro atoms. The summed E-state index contributed by atoms with van der Waals surface area (Å²) < 4.78 is 23.9. The number of aromatic hydroxyl groups is 1. The lowest BCUT2D eigenvalue weighted by atomic mass is 9.98. The lowest BCUT2D eigenvalue weighted by Gasteiger charge is -2.07. The molecule has 7 nitrogen and oxygen atoms in total. The molecule has 2 aromatic rings. The van der Waals surface area contributed by atoms with Gasteiger partial charge in [0.05, 0.1) is 24.2 Å². The van der Waals surface area contributed by atoms with Crippen LogP contribution in [0.3, 0.4) is 0 Å². The van der Waals surface area contributed by atoms with Crippen LogP contribution in [0.15, 0.2) is 35.9 Å². The van der Waals surface area contributed by atoms with Crippen molar-refractivity contribution in [3.8, 4) is 17.2 Å². The summed E-state index contributed by atoms with van der Waals surface area (Å²) in [7, 11) is 1.26. The number of halogens is 1. The monoisotopic (exact) mass is 359 g/mol. The predicted molar refractivity (Wildman–Crippen MR) is 90.1 cm³/mol. The predicted octanol–water partition coefficient (Wildman–Crippen LogP) is 3.50. The average Bonchev–Trinajstić information content (AvgIpc) is 2.76. The summed E-state index contributed by atoms with van der Waals surface area (Å²) in [5.41, 5.74) is 0.153. The van der Waals surface area contributed by atoms with Gasteiger partial charge in [0.15, 0.2) is 11.5 Å². The number of ketones is 1. The minimum absolute atomic E-state index is 0.0881. The maximum absolute atomic E-state index is 13.5. The number of Topliss-reactive ketones (excluding diaryl/α,β-unsaturated/α-hetero) is 1. The molecule has 0 amide bonds. The number of phenolic OH excluding ortho intramolecular Hbond substituents is 1. The Labute approximate surface area is 147 Å². The van der Waals surface area contributed by atoms with Gasteiger partial charge in [-0.2, -0.15) is 0 Å². The average molecular weight is 359 g/mol. The van der Waals surface area contributed by atoms with Gasteiger partial charge < -0.3 is 14.6 Å². The normalized spacial score (nSPS) is 15.2. The van der Waals surface area contributed by atoms with Crippen LogP contribution in [-0.2, 0) is 0 Å². The van der Waals surface area contributed by atoms with Crippen molar-refractivity contribution in [2.75, 3.05) is 13.7 Å². The molecule has 0 unspecified atom stereocenters. The van der Waals surface area contributed by atoms with Crippen LogP contribution in [0.2, 0.25) is 0 Å². The minimum atomic E-state index is -0.747. The highest BCUT2D eigenvalue weighted by Gasteiger charge is 2.23. The molecule has 134 valence electrons. The Balaban J connectivity index is 2.08. The van der Waals surface area contributed by atoms with E-state index in [1.54, 1.807) is 0 Å². The number of benzene rings is 2. The number of ether oxygens (including phenoxy) is 2. The largest absolute Gasteiger partial charge is 0.500 e. The molecular formula is C18H14FNO6. The van der Waals surface area contributed by atoms with E-state index in [2.05, 4.69) is 0 Å². The molecule has 0 radical (unpaired) electrons. The topological polar surface area (TPSA) is 98.9 Å². The number of nitro benzene ring substituents is 1. The van der Waals surface area contributed by atoms with Crippen molar-refractivity contribution in [3.05, 3.63) is 63.0 Å². The number of fused-ring (bicyclic) bond motifs is 1. The van der Waals surface area contributed by atoms with Crippen LogP contribution in [0.4, 0.5) is 10.1 Å². The van der Waals surface area contributed by atoms with Crippen molar-refractivity contribution in [1.29, 1.82) is 0 Å². The van der Waals surface area contributed by atoms with Crippen molar-refractivity contribution in [2.45, 2.75) is 6.42 Å². The number of rotatable bonds is 3. The van der Waals surface area contributed by atoms with Gasteiger partial charge in [0, 0.05) is 18.1 Å². The van der Waals surface area contributed by atoms with Gasteiger partial charge in [-0.15, -0.1) is 0 Å². The summed E-state index contributed by atoms with van der Waals surface area (Å²) in [5.74, 6) is -1.39. The summed E-state index contributed by atoms with van der Waals surface area (Å²) in [4.78, 5) is 23.1. The fraction of sp³-hybridized carbons (Fsp3) is 0.167. The molecule has 8 heteroatoms. The Hall–Kier alpha value is -3.42. The van der Waals surface area contributed by atoms with Crippen molar-refractivity contribution < 1.29 is 28.7 Å². The fourth-order valence-corrected chi connectivity index (χ4v) is 2.69. The molecule has 3 rings (SSSR count). The van der Waals surface area contributed by atoms with E-state index in [9.17, 15) is 24.4 Å². The molecule has 0 saturated carbocycles. The van der Waals surface area contributed by atoms with E-state index in [0.717, 1.165) is 12.1 Å². The molecule has 1 aliphatic heterocycles. The lowest BCUT2D eigenvalue weighted by molar-refractivity contribution is -0.386. The Kier molecular flexibility index (Phi) is 4.57. The van der Waals surface area contributed by atoms with E-state index in [0.29, 0.717) is 11.1 Å². The van der Waals surface area contributed by atoms with Gasteiger partial charge in [-0.05, 0) is 35.9 Å². The first-order valence-corrected chi connectivity index (χ1v) is 7.63. The molecule has 0 saturated heterocycles. The molecule has 1 aliphatic rings. The van der Waals surface area contributed by atoms with Gasteiger partial charge in [0.1, 0.15) is 11.6 Å².